The fourth-order valence-corrected chi connectivity index (χ4v) is 5.95. The molecule has 0 spiro atoms. The van der Waals surface area contributed by atoms with E-state index in [2.05, 4.69) is 21.2 Å². The fraction of sp³-hybridized carbons (Fsp3) is 0.333. The van der Waals surface area contributed by atoms with Crippen LogP contribution in [0.2, 0.25) is 0 Å². The molecule has 1 N–H and O–H groups in total. The number of rotatable bonds is 10. The van der Waals surface area contributed by atoms with E-state index in [4.69, 9.17) is 0 Å². The van der Waals surface area contributed by atoms with Gasteiger partial charge in [0.25, 0.3) is 10.0 Å². The molecule has 0 aromatic heterocycles. The molecule has 3 aromatic rings. The molecule has 0 saturated carbocycles. The van der Waals surface area contributed by atoms with Gasteiger partial charge in [0.15, 0.2) is 0 Å². The zero-order chi connectivity index (χ0) is 29.7. The highest BCUT2D eigenvalue weighted by atomic mass is 79.9. The zero-order valence-electron chi connectivity index (χ0n) is 23.3. The van der Waals surface area contributed by atoms with E-state index in [0.717, 1.165) is 9.87 Å². The molecule has 0 bridgehead atoms. The van der Waals surface area contributed by atoms with Gasteiger partial charge in [-0.2, -0.15) is 0 Å². The van der Waals surface area contributed by atoms with Crippen molar-refractivity contribution in [3.63, 3.8) is 0 Å². The first kappa shape index (κ1) is 31.3. The fourth-order valence-electron chi connectivity index (χ4n) is 4.16. The van der Waals surface area contributed by atoms with Crippen LogP contribution >= 0.6 is 15.9 Å². The highest BCUT2D eigenvalue weighted by Gasteiger charge is 2.34. The van der Waals surface area contributed by atoms with Gasteiger partial charge >= 0.3 is 0 Å². The summed E-state index contributed by atoms with van der Waals surface area (Å²) in [5, 5.41) is 2.92. The molecule has 0 aliphatic carbocycles. The lowest BCUT2D eigenvalue weighted by Crippen LogP contribution is -2.55. The maximum absolute atomic E-state index is 14.0. The first-order valence-electron chi connectivity index (χ1n) is 12.9. The molecule has 40 heavy (non-hydrogen) atoms. The Bertz CT molecular complexity index is 1440. The topological polar surface area (TPSA) is 86.8 Å². The summed E-state index contributed by atoms with van der Waals surface area (Å²) in [6.07, 6.45) is 0.288. The average molecular weight is 633 g/mol. The van der Waals surface area contributed by atoms with Crippen LogP contribution in [0.4, 0.5) is 10.1 Å². The van der Waals surface area contributed by atoms with Crippen molar-refractivity contribution >= 4 is 43.5 Å². The molecule has 0 unspecified atom stereocenters. The van der Waals surface area contributed by atoms with E-state index in [1.165, 1.54) is 29.2 Å². The first-order valence-corrected chi connectivity index (χ1v) is 15.2. The van der Waals surface area contributed by atoms with E-state index < -0.39 is 39.9 Å². The predicted molar refractivity (Wildman–Crippen MR) is 159 cm³/mol. The predicted octanol–water partition coefficient (Wildman–Crippen LogP) is 5.81. The maximum Gasteiger partial charge on any atom is 0.264 e. The Morgan fingerprint density at radius 3 is 2.17 bits per heavy atom. The third-order valence-electron chi connectivity index (χ3n) is 6.13. The minimum atomic E-state index is -4.16. The number of halogens is 2. The van der Waals surface area contributed by atoms with Crippen LogP contribution in [0.3, 0.4) is 0 Å². The Balaban J connectivity index is 2.07. The van der Waals surface area contributed by atoms with Crippen LogP contribution in [-0.4, -0.2) is 43.3 Å². The SMILES string of the molecule is CC[C@H](C(=O)NC(C)(C)C)N(Cc1ccc(F)cc1)C(=O)CN(c1cccc(Br)c1)S(=O)(=O)c1ccc(C)cc1. The van der Waals surface area contributed by atoms with Crippen LogP contribution in [0.5, 0.6) is 0 Å². The van der Waals surface area contributed by atoms with E-state index in [-0.39, 0.29) is 29.5 Å². The molecular formula is C30H35BrFN3O4S. The second kappa shape index (κ2) is 13.0. The number of nitrogens with one attached hydrogen (secondary N) is 1. The maximum atomic E-state index is 14.0. The van der Waals surface area contributed by atoms with Gasteiger partial charge < -0.3 is 10.2 Å². The number of sulfonamides is 1. The van der Waals surface area contributed by atoms with Crippen LogP contribution < -0.4 is 9.62 Å². The molecule has 0 saturated heterocycles. The molecule has 3 aromatic carbocycles. The zero-order valence-corrected chi connectivity index (χ0v) is 25.7. The Kier molecular flexibility index (Phi) is 10.1. The highest BCUT2D eigenvalue weighted by molar-refractivity contribution is 9.10. The van der Waals surface area contributed by atoms with E-state index >= 15 is 0 Å². The summed E-state index contributed by atoms with van der Waals surface area (Å²) in [5.41, 5.74) is 1.24. The number of hydrogen-bond donors (Lipinski definition) is 1. The van der Waals surface area contributed by atoms with Gasteiger partial charge in [0.05, 0.1) is 10.6 Å². The van der Waals surface area contributed by atoms with Crippen LogP contribution in [-0.2, 0) is 26.2 Å². The largest absolute Gasteiger partial charge is 0.350 e. The molecule has 0 aliphatic heterocycles. The van der Waals surface area contributed by atoms with Gasteiger partial charge in [-0.15, -0.1) is 0 Å². The number of anilines is 1. The molecule has 0 aliphatic rings. The summed E-state index contributed by atoms with van der Waals surface area (Å²) in [4.78, 5) is 28.8. The van der Waals surface area contributed by atoms with E-state index in [1.807, 2.05) is 27.7 Å². The number of carbonyl (C=O) groups is 2. The van der Waals surface area contributed by atoms with Crippen LogP contribution in [0.25, 0.3) is 0 Å². The van der Waals surface area contributed by atoms with Gasteiger partial charge in [-0.05, 0) is 82.1 Å². The summed E-state index contributed by atoms with van der Waals surface area (Å²) in [6, 6.07) is 17.8. The van der Waals surface area contributed by atoms with Crippen molar-refractivity contribution in [2.24, 2.45) is 0 Å². The van der Waals surface area contributed by atoms with Crippen LogP contribution in [0.15, 0.2) is 82.2 Å². The Morgan fingerprint density at radius 2 is 1.62 bits per heavy atom. The minimum absolute atomic E-state index is 0.00785. The van der Waals surface area contributed by atoms with Crippen molar-refractivity contribution in [1.29, 1.82) is 0 Å². The van der Waals surface area contributed by atoms with Crippen molar-refractivity contribution < 1.29 is 22.4 Å². The third-order valence-corrected chi connectivity index (χ3v) is 8.42. The molecule has 0 heterocycles. The van der Waals surface area contributed by atoms with Crippen molar-refractivity contribution in [2.75, 3.05) is 10.8 Å². The third kappa shape index (κ3) is 8.14. The summed E-state index contributed by atoms with van der Waals surface area (Å²) in [7, 11) is -4.16. The van der Waals surface area contributed by atoms with Crippen molar-refractivity contribution in [3.8, 4) is 0 Å². The molecule has 3 rings (SSSR count). The van der Waals surface area contributed by atoms with Gasteiger partial charge in [0, 0.05) is 16.6 Å². The molecule has 214 valence electrons. The van der Waals surface area contributed by atoms with Crippen molar-refractivity contribution in [1.82, 2.24) is 10.2 Å². The number of aryl methyl sites for hydroxylation is 1. The Labute approximate surface area is 244 Å². The van der Waals surface area contributed by atoms with Gasteiger partial charge in [0.1, 0.15) is 18.4 Å². The average Bonchev–Trinajstić information content (AvgIpc) is 2.87. The highest BCUT2D eigenvalue weighted by Crippen LogP contribution is 2.27. The smallest absolute Gasteiger partial charge is 0.264 e. The second-order valence-electron chi connectivity index (χ2n) is 10.6. The molecular weight excluding hydrogens is 597 g/mol. The molecule has 1 atom stereocenters. The van der Waals surface area contributed by atoms with Gasteiger partial charge in [0.2, 0.25) is 11.8 Å². The summed E-state index contributed by atoms with van der Waals surface area (Å²) < 4.78 is 43.1. The lowest BCUT2D eigenvalue weighted by atomic mass is 10.1. The molecule has 0 radical (unpaired) electrons. The lowest BCUT2D eigenvalue weighted by Gasteiger charge is -2.34. The van der Waals surface area contributed by atoms with Gasteiger partial charge in [-0.25, -0.2) is 12.8 Å². The van der Waals surface area contributed by atoms with E-state index in [1.54, 1.807) is 55.5 Å². The quantitative estimate of drug-likeness (QED) is 0.306. The summed E-state index contributed by atoms with van der Waals surface area (Å²) in [6.45, 7) is 8.60. The van der Waals surface area contributed by atoms with Crippen LogP contribution in [0.1, 0.15) is 45.2 Å². The summed E-state index contributed by atoms with van der Waals surface area (Å²) in [5.74, 6) is -1.36. The standard InChI is InChI=1S/C30H35BrFN3O4S/c1-6-27(29(37)33-30(3,4)5)34(19-22-12-14-24(32)15-13-22)28(36)20-35(25-9-7-8-23(31)18-25)40(38,39)26-16-10-21(2)11-17-26/h7-18,27H,6,19-20H2,1-5H3,(H,33,37)/t27-/m1/s1. The Morgan fingerprint density at radius 1 is 1.00 bits per heavy atom. The van der Waals surface area contributed by atoms with Gasteiger partial charge in [-0.3, -0.25) is 13.9 Å². The minimum Gasteiger partial charge on any atom is -0.350 e. The van der Waals surface area contributed by atoms with E-state index in [9.17, 15) is 22.4 Å². The number of hydrogen-bond acceptors (Lipinski definition) is 4. The summed E-state index contributed by atoms with van der Waals surface area (Å²) >= 11 is 3.39. The normalized spacial score (nSPS) is 12.5. The van der Waals surface area contributed by atoms with Crippen LogP contribution in [0, 0.1) is 12.7 Å². The number of amides is 2. The van der Waals surface area contributed by atoms with Crippen molar-refractivity contribution in [2.45, 2.75) is 64.1 Å². The molecule has 7 nitrogen and oxygen atoms in total. The molecule has 2 amide bonds. The lowest BCUT2D eigenvalue weighted by molar-refractivity contribution is -0.141. The number of benzene rings is 3. The Hall–Kier alpha value is -3.24. The second-order valence-corrected chi connectivity index (χ2v) is 13.4. The number of carbonyl (C=O) groups excluding carboxylic acids is 2. The first-order chi connectivity index (χ1) is 18.7. The van der Waals surface area contributed by atoms with Crippen molar-refractivity contribution in [3.05, 3.63) is 94.2 Å². The van der Waals surface area contributed by atoms with Gasteiger partial charge in [-0.1, -0.05) is 58.7 Å². The molecule has 10 heteroatoms. The van der Waals surface area contributed by atoms with E-state index in [0.29, 0.717) is 10.0 Å². The molecule has 0 fully saturated rings. The number of nitrogens with zero attached hydrogens (tertiary/aromatic N) is 2. The monoisotopic (exact) mass is 631 g/mol.